The van der Waals surface area contributed by atoms with Gasteiger partial charge in [0.1, 0.15) is 23.7 Å². The van der Waals surface area contributed by atoms with Gasteiger partial charge in [0.05, 0.1) is 25.8 Å². The first-order valence-electron chi connectivity index (χ1n) is 11.0. The molecule has 1 aliphatic rings. The van der Waals surface area contributed by atoms with Gasteiger partial charge in [-0.2, -0.15) is 0 Å². The van der Waals surface area contributed by atoms with Crippen LogP contribution in [-0.4, -0.2) is 65.9 Å². The number of aromatic nitrogens is 3. The number of benzene rings is 2. The Morgan fingerprint density at radius 1 is 1.03 bits per heavy atom. The fraction of sp³-hybridized carbons (Fsp3) is 0.280. The number of methoxy groups -OCH3 is 1. The van der Waals surface area contributed by atoms with Crippen LogP contribution in [0.2, 0.25) is 0 Å². The van der Waals surface area contributed by atoms with E-state index in [9.17, 15) is 0 Å². The van der Waals surface area contributed by atoms with Crippen molar-refractivity contribution in [2.24, 2.45) is 0 Å². The van der Waals surface area contributed by atoms with Gasteiger partial charge in [0, 0.05) is 48.3 Å². The van der Waals surface area contributed by atoms with Gasteiger partial charge in [0.25, 0.3) is 0 Å². The largest absolute Gasteiger partial charge is 0.497 e. The molecule has 1 aliphatic heterocycles. The van der Waals surface area contributed by atoms with Crippen LogP contribution in [0.3, 0.4) is 0 Å². The third-order valence-corrected chi connectivity index (χ3v) is 6.55. The van der Waals surface area contributed by atoms with E-state index in [1.807, 2.05) is 18.2 Å². The van der Waals surface area contributed by atoms with Crippen LogP contribution in [-0.2, 0) is 4.74 Å². The first-order valence-corrected chi connectivity index (χ1v) is 11.8. The van der Waals surface area contributed by atoms with Crippen LogP contribution in [0.1, 0.15) is 0 Å². The maximum absolute atomic E-state index is 5.42. The Kier molecular flexibility index (Phi) is 6.57. The number of hydrogen-bond donors (Lipinski definition) is 1. The second-order valence-corrected chi connectivity index (χ2v) is 8.80. The molecule has 0 bridgehead atoms. The number of morpholine rings is 1. The molecular formula is C25H26BrN5O2. The zero-order chi connectivity index (χ0) is 22.6. The second-order valence-electron chi connectivity index (χ2n) is 7.95. The van der Waals surface area contributed by atoms with Crippen molar-refractivity contribution in [3.63, 3.8) is 0 Å². The number of ether oxygens (including phenoxy) is 2. The SMILES string of the molecule is COc1ccc(-c2ccc3c(Br)cn(-c4cc(NCCN5CCOCC5)ncn4)c3c2)cc1. The molecule has 0 aliphatic carbocycles. The molecule has 1 N–H and O–H groups in total. The molecule has 1 saturated heterocycles. The third-order valence-electron chi connectivity index (χ3n) is 5.92. The average molecular weight is 508 g/mol. The smallest absolute Gasteiger partial charge is 0.142 e. The van der Waals surface area contributed by atoms with Crippen molar-refractivity contribution in [2.75, 3.05) is 51.8 Å². The molecule has 5 rings (SSSR count). The van der Waals surface area contributed by atoms with Crippen molar-refractivity contribution in [1.82, 2.24) is 19.4 Å². The second kappa shape index (κ2) is 9.91. The highest BCUT2D eigenvalue weighted by atomic mass is 79.9. The zero-order valence-electron chi connectivity index (χ0n) is 18.5. The molecule has 0 saturated carbocycles. The van der Waals surface area contributed by atoms with Gasteiger partial charge in [-0.15, -0.1) is 0 Å². The summed E-state index contributed by atoms with van der Waals surface area (Å²) < 4.78 is 13.8. The zero-order valence-corrected chi connectivity index (χ0v) is 20.1. The summed E-state index contributed by atoms with van der Waals surface area (Å²) in [6.45, 7) is 5.38. The molecule has 0 unspecified atom stereocenters. The van der Waals surface area contributed by atoms with Crippen LogP contribution in [0, 0.1) is 0 Å². The van der Waals surface area contributed by atoms with E-state index in [0.717, 1.165) is 83.3 Å². The van der Waals surface area contributed by atoms with E-state index in [4.69, 9.17) is 9.47 Å². The number of fused-ring (bicyclic) bond motifs is 1. The van der Waals surface area contributed by atoms with E-state index < -0.39 is 0 Å². The van der Waals surface area contributed by atoms with Crippen molar-refractivity contribution in [3.8, 4) is 22.7 Å². The third kappa shape index (κ3) is 4.88. The normalized spacial score (nSPS) is 14.5. The minimum atomic E-state index is 0.811. The van der Waals surface area contributed by atoms with Crippen LogP contribution in [0.25, 0.3) is 27.8 Å². The fourth-order valence-corrected chi connectivity index (χ4v) is 4.62. The molecule has 3 heterocycles. The number of halogens is 1. The summed E-state index contributed by atoms with van der Waals surface area (Å²) >= 11 is 3.71. The molecule has 0 atom stereocenters. The Bertz CT molecular complexity index is 1240. The molecule has 33 heavy (non-hydrogen) atoms. The molecule has 2 aromatic carbocycles. The number of nitrogens with zero attached hydrogens (tertiary/aromatic N) is 4. The van der Waals surface area contributed by atoms with Crippen LogP contribution < -0.4 is 10.1 Å². The lowest BCUT2D eigenvalue weighted by atomic mass is 10.0. The van der Waals surface area contributed by atoms with Gasteiger partial charge >= 0.3 is 0 Å². The van der Waals surface area contributed by atoms with Crippen molar-refractivity contribution >= 4 is 32.7 Å². The monoisotopic (exact) mass is 507 g/mol. The lowest BCUT2D eigenvalue weighted by molar-refractivity contribution is 0.0398. The quantitative estimate of drug-likeness (QED) is 0.394. The van der Waals surface area contributed by atoms with Gasteiger partial charge in [0.15, 0.2) is 0 Å². The maximum Gasteiger partial charge on any atom is 0.142 e. The van der Waals surface area contributed by atoms with Gasteiger partial charge in [-0.25, -0.2) is 9.97 Å². The highest BCUT2D eigenvalue weighted by molar-refractivity contribution is 9.10. The minimum absolute atomic E-state index is 0.811. The van der Waals surface area contributed by atoms with Crippen LogP contribution in [0.15, 0.2) is 65.5 Å². The highest BCUT2D eigenvalue weighted by Gasteiger charge is 2.13. The predicted octanol–water partition coefficient (Wildman–Crippen LogP) is 4.60. The maximum atomic E-state index is 5.42. The summed E-state index contributed by atoms with van der Waals surface area (Å²) in [6.07, 6.45) is 3.67. The molecule has 8 heteroatoms. The molecular weight excluding hydrogens is 482 g/mol. The van der Waals surface area contributed by atoms with Crippen molar-refractivity contribution < 1.29 is 9.47 Å². The first kappa shape index (κ1) is 21.9. The predicted molar refractivity (Wildman–Crippen MR) is 134 cm³/mol. The molecule has 0 spiro atoms. The van der Waals surface area contributed by atoms with Crippen molar-refractivity contribution in [2.45, 2.75) is 0 Å². The van der Waals surface area contributed by atoms with Crippen LogP contribution in [0.5, 0.6) is 5.75 Å². The van der Waals surface area contributed by atoms with E-state index in [-0.39, 0.29) is 0 Å². The lowest BCUT2D eigenvalue weighted by Crippen LogP contribution is -2.39. The first-order chi connectivity index (χ1) is 16.2. The summed E-state index contributed by atoms with van der Waals surface area (Å²) in [4.78, 5) is 11.4. The summed E-state index contributed by atoms with van der Waals surface area (Å²) in [5, 5.41) is 4.57. The standard InChI is InChI=1S/C25H26BrN5O2/c1-32-20-5-2-18(3-6-20)19-4-7-21-22(26)16-31(23(21)14-19)25-15-24(28-17-29-25)27-8-9-30-10-12-33-13-11-30/h2-7,14-17H,8-13H2,1H3,(H,27,28,29). The molecule has 170 valence electrons. The van der Waals surface area contributed by atoms with Crippen molar-refractivity contribution in [1.29, 1.82) is 0 Å². The number of nitrogens with one attached hydrogen (secondary N) is 1. The Morgan fingerprint density at radius 3 is 2.61 bits per heavy atom. The molecule has 1 fully saturated rings. The van der Waals surface area contributed by atoms with Gasteiger partial charge in [-0.05, 0) is 45.3 Å². The van der Waals surface area contributed by atoms with Crippen LogP contribution in [0.4, 0.5) is 5.82 Å². The Balaban J connectivity index is 1.39. The average Bonchev–Trinajstić information content (AvgIpc) is 3.21. The van der Waals surface area contributed by atoms with Gasteiger partial charge in [-0.1, -0.05) is 24.3 Å². The van der Waals surface area contributed by atoms with Gasteiger partial charge < -0.3 is 14.8 Å². The Labute approximate surface area is 201 Å². The van der Waals surface area contributed by atoms with Crippen LogP contribution >= 0.6 is 15.9 Å². The topological polar surface area (TPSA) is 64.4 Å². The van der Waals surface area contributed by atoms with E-state index in [2.05, 4.69) is 77.2 Å². The van der Waals surface area contributed by atoms with Crippen molar-refractivity contribution in [3.05, 3.63) is 65.5 Å². The molecule has 7 nitrogen and oxygen atoms in total. The molecule has 0 amide bonds. The summed E-state index contributed by atoms with van der Waals surface area (Å²) in [5.74, 6) is 2.49. The number of anilines is 1. The number of hydrogen-bond acceptors (Lipinski definition) is 6. The van der Waals surface area contributed by atoms with Gasteiger partial charge in [0.2, 0.25) is 0 Å². The minimum Gasteiger partial charge on any atom is -0.497 e. The summed E-state index contributed by atoms with van der Waals surface area (Å²) in [6, 6.07) is 16.6. The van der Waals surface area contributed by atoms with E-state index in [0.29, 0.717) is 0 Å². The Hall–Kier alpha value is -2.94. The molecule has 2 aromatic heterocycles. The number of rotatable bonds is 7. The molecule has 0 radical (unpaired) electrons. The van der Waals surface area contributed by atoms with E-state index in [1.165, 1.54) is 0 Å². The lowest BCUT2D eigenvalue weighted by Gasteiger charge is -2.26. The Morgan fingerprint density at radius 2 is 1.82 bits per heavy atom. The van der Waals surface area contributed by atoms with E-state index in [1.54, 1.807) is 13.4 Å². The van der Waals surface area contributed by atoms with E-state index >= 15 is 0 Å². The van der Waals surface area contributed by atoms with Gasteiger partial charge in [-0.3, -0.25) is 9.47 Å². The summed E-state index contributed by atoms with van der Waals surface area (Å²) in [5.41, 5.74) is 3.35. The fourth-order valence-electron chi connectivity index (χ4n) is 4.08. The summed E-state index contributed by atoms with van der Waals surface area (Å²) in [7, 11) is 1.68. The highest BCUT2D eigenvalue weighted by Crippen LogP contribution is 2.32. The molecule has 4 aromatic rings.